The number of benzene rings is 2. The first-order chi connectivity index (χ1) is 16.9. The van der Waals surface area contributed by atoms with Crippen LogP contribution >= 0.6 is 0 Å². The molecule has 1 aliphatic carbocycles. The molecule has 0 bridgehead atoms. The molecule has 0 saturated carbocycles. The number of methoxy groups -OCH3 is 1. The van der Waals surface area contributed by atoms with E-state index in [4.69, 9.17) is 9.47 Å². The van der Waals surface area contributed by atoms with E-state index >= 15 is 0 Å². The fourth-order valence-corrected chi connectivity index (χ4v) is 5.38. The van der Waals surface area contributed by atoms with Crippen molar-refractivity contribution in [1.82, 2.24) is 10.2 Å². The zero-order chi connectivity index (χ0) is 25.1. The maximum Gasteiger partial charge on any atom is 0.407 e. The molecule has 2 aromatic carbocycles. The van der Waals surface area contributed by atoms with Gasteiger partial charge in [0.2, 0.25) is 5.91 Å². The van der Waals surface area contributed by atoms with Gasteiger partial charge in [-0.15, -0.1) is 0 Å². The number of carboxylic acid groups (broad SMARTS) is 1. The minimum atomic E-state index is -0.989. The van der Waals surface area contributed by atoms with E-state index < -0.39 is 36.2 Å². The molecule has 4 rings (SSSR count). The molecule has 1 saturated heterocycles. The topological polar surface area (TPSA) is 105 Å². The second-order valence-electron chi connectivity index (χ2n) is 9.13. The van der Waals surface area contributed by atoms with E-state index in [2.05, 4.69) is 17.4 Å². The zero-order valence-corrected chi connectivity index (χ0v) is 20.3. The molecule has 2 aromatic rings. The van der Waals surface area contributed by atoms with Gasteiger partial charge < -0.3 is 24.8 Å². The Balaban J connectivity index is 1.46. The molecule has 186 valence electrons. The molecule has 8 nitrogen and oxygen atoms in total. The molecule has 35 heavy (non-hydrogen) atoms. The van der Waals surface area contributed by atoms with Crippen molar-refractivity contribution < 1.29 is 29.0 Å². The molecule has 1 heterocycles. The number of ether oxygens (including phenoxy) is 2. The number of hydrogen-bond donors (Lipinski definition) is 2. The molecule has 2 aliphatic rings. The normalized spacial score (nSPS) is 20.6. The van der Waals surface area contributed by atoms with Crippen molar-refractivity contribution in [1.29, 1.82) is 0 Å². The summed E-state index contributed by atoms with van der Waals surface area (Å²) in [4.78, 5) is 39.4. The third-order valence-corrected chi connectivity index (χ3v) is 7.29. The van der Waals surface area contributed by atoms with Crippen LogP contribution in [0.3, 0.4) is 0 Å². The van der Waals surface area contributed by atoms with Crippen LogP contribution < -0.4 is 5.32 Å². The van der Waals surface area contributed by atoms with Gasteiger partial charge in [0.1, 0.15) is 12.6 Å². The molecule has 0 radical (unpaired) electrons. The number of amides is 2. The SMILES string of the molecule is CCC1C(C(=O)O)CCN1C(=O)C(NC(=O)OCC1c2ccccc2-c2ccccc21)C(C)OC. The molecule has 0 aromatic heterocycles. The van der Waals surface area contributed by atoms with Gasteiger partial charge in [0.15, 0.2) is 0 Å². The summed E-state index contributed by atoms with van der Waals surface area (Å²) >= 11 is 0. The lowest BCUT2D eigenvalue weighted by atomic mass is 9.98. The number of carbonyl (C=O) groups excluding carboxylic acids is 2. The molecule has 1 fully saturated rings. The van der Waals surface area contributed by atoms with Gasteiger partial charge in [-0.05, 0) is 42.0 Å². The minimum Gasteiger partial charge on any atom is -0.481 e. The first-order valence-corrected chi connectivity index (χ1v) is 12.0. The maximum atomic E-state index is 13.4. The van der Waals surface area contributed by atoms with E-state index in [1.165, 1.54) is 7.11 Å². The monoisotopic (exact) mass is 480 g/mol. The summed E-state index contributed by atoms with van der Waals surface area (Å²) in [6.45, 7) is 4.01. The van der Waals surface area contributed by atoms with Crippen molar-refractivity contribution in [3.63, 3.8) is 0 Å². The van der Waals surface area contributed by atoms with Crippen molar-refractivity contribution in [3.8, 4) is 11.1 Å². The van der Waals surface area contributed by atoms with Crippen molar-refractivity contribution in [2.75, 3.05) is 20.3 Å². The van der Waals surface area contributed by atoms with Gasteiger partial charge in [0.25, 0.3) is 0 Å². The number of alkyl carbamates (subject to hydrolysis) is 1. The zero-order valence-electron chi connectivity index (χ0n) is 20.3. The molecular formula is C27H32N2O6. The van der Waals surface area contributed by atoms with Gasteiger partial charge in [-0.1, -0.05) is 55.5 Å². The van der Waals surface area contributed by atoms with E-state index in [9.17, 15) is 19.5 Å². The Bertz CT molecular complexity index is 1060. The van der Waals surface area contributed by atoms with Crippen molar-refractivity contribution in [2.24, 2.45) is 5.92 Å². The van der Waals surface area contributed by atoms with Gasteiger partial charge in [-0.3, -0.25) is 9.59 Å². The van der Waals surface area contributed by atoms with E-state index in [1.807, 2.05) is 43.3 Å². The number of rotatable bonds is 8. The standard InChI is InChI=1S/C27H32N2O6/c1-4-23-21(26(31)32)13-14-29(23)25(30)24(16(2)34-3)28-27(33)35-15-22-19-11-7-5-9-17(19)18-10-6-8-12-20(18)22/h5-12,16,21-24H,4,13-15H2,1-3H3,(H,28,33)(H,31,32). The summed E-state index contributed by atoms with van der Waals surface area (Å²) in [5, 5.41) is 12.2. The highest BCUT2D eigenvalue weighted by atomic mass is 16.5. The molecule has 1 aliphatic heterocycles. The maximum absolute atomic E-state index is 13.4. The summed E-state index contributed by atoms with van der Waals surface area (Å²) in [6, 6.07) is 14.7. The van der Waals surface area contributed by atoms with Crippen LogP contribution in [0.15, 0.2) is 48.5 Å². The summed E-state index contributed by atoms with van der Waals surface area (Å²) < 4.78 is 11.0. The Hall–Kier alpha value is -3.39. The Labute approximate surface area is 205 Å². The second kappa shape index (κ2) is 10.5. The fourth-order valence-electron chi connectivity index (χ4n) is 5.38. The lowest BCUT2D eigenvalue weighted by molar-refractivity contribution is -0.144. The third-order valence-electron chi connectivity index (χ3n) is 7.29. The number of carboxylic acids is 1. The van der Waals surface area contributed by atoms with Crippen LogP contribution in [0.4, 0.5) is 4.79 Å². The number of nitrogens with zero attached hydrogens (tertiary/aromatic N) is 1. The molecule has 8 heteroatoms. The molecular weight excluding hydrogens is 448 g/mol. The number of hydrogen-bond acceptors (Lipinski definition) is 5. The fraction of sp³-hybridized carbons (Fsp3) is 0.444. The van der Waals surface area contributed by atoms with Crippen LogP contribution in [-0.2, 0) is 19.1 Å². The number of fused-ring (bicyclic) bond motifs is 3. The van der Waals surface area contributed by atoms with Crippen molar-refractivity contribution in [2.45, 2.75) is 50.8 Å². The molecule has 0 spiro atoms. The summed E-state index contributed by atoms with van der Waals surface area (Å²) in [7, 11) is 1.46. The smallest absolute Gasteiger partial charge is 0.407 e. The number of aliphatic carboxylic acids is 1. The Morgan fingerprint density at radius 3 is 2.23 bits per heavy atom. The highest BCUT2D eigenvalue weighted by molar-refractivity contribution is 5.88. The molecule has 2 N–H and O–H groups in total. The summed E-state index contributed by atoms with van der Waals surface area (Å²) in [5.41, 5.74) is 4.46. The van der Waals surface area contributed by atoms with Gasteiger partial charge in [0, 0.05) is 25.6 Å². The van der Waals surface area contributed by atoms with Gasteiger partial charge in [-0.25, -0.2) is 4.79 Å². The summed E-state index contributed by atoms with van der Waals surface area (Å²) in [5.74, 6) is -1.98. The summed E-state index contributed by atoms with van der Waals surface area (Å²) in [6.07, 6.45) is -0.430. The lowest BCUT2D eigenvalue weighted by Crippen LogP contribution is -2.55. The lowest BCUT2D eigenvalue weighted by Gasteiger charge is -2.32. The van der Waals surface area contributed by atoms with Gasteiger partial charge >= 0.3 is 12.1 Å². The van der Waals surface area contributed by atoms with E-state index in [0.29, 0.717) is 19.4 Å². The van der Waals surface area contributed by atoms with E-state index in [0.717, 1.165) is 22.3 Å². The van der Waals surface area contributed by atoms with Gasteiger partial charge in [-0.2, -0.15) is 0 Å². The predicted octanol–water partition coefficient (Wildman–Crippen LogP) is 3.64. The highest BCUT2D eigenvalue weighted by Gasteiger charge is 2.43. The number of nitrogens with one attached hydrogen (secondary N) is 1. The minimum absolute atomic E-state index is 0.0958. The highest BCUT2D eigenvalue weighted by Crippen LogP contribution is 2.44. The number of likely N-dealkylation sites (tertiary alicyclic amines) is 1. The molecule has 4 atom stereocenters. The van der Waals surface area contributed by atoms with Crippen molar-refractivity contribution in [3.05, 3.63) is 59.7 Å². The Kier molecular flexibility index (Phi) is 7.40. The first kappa shape index (κ1) is 24.7. The van der Waals surface area contributed by atoms with Crippen LogP contribution in [0, 0.1) is 5.92 Å². The van der Waals surface area contributed by atoms with E-state index in [-0.39, 0.29) is 18.4 Å². The van der Waals surface area contributed by atoms with Crippen LogP contribution in [0.1, 0.15) is 43.7 Å². The predicted molar refractivity (Wildman–Crippen MR) is 130 cm³/mol. The van der Waals surface area contributed by atoms with Crippen LogP contribution in [0.25, 0.3) is 11.1 Å². The number of carbonyl (C=O) groups is 3. The average Bonchev–Trinajstić information content (AvgIpc) is 3.45. The molecule has 2 amide bonds. The second-order valence-corrected chi connectivity index (χ2v) is 9.13. The van der Waals surface area contributed by atoms with E-state index in [1.54, 1.807) is 11.8 Å². The Morgan fingerprint density at radius 2 is 1.69 bits per heavy atom. The largest absolute Gasteiger partial charge is 0.481 e. The Morgan fingerprint density at radius 1 is 1.09 bits per heavy atom. The quantitative estimate of drug-likeness (QED) is 0.598. The van der Waals surface area contributed by atoms with Crippen LogP contribution in [0.5, 0.6) is 0 Å². The van der Waals surface area contributed by atoms with Gasteiger partial charge in [0.05, 0.1) is 12.0 Å². The van der Waals surface area contributed by atoms with Crippen LogP contribution in [0.2, 0.25) is 0 Å². The van der Waals surface area contributed by atoms with Crippen LogP contribution in [-0.4, -0.2) is 66.4 Å². The first-order valence-electron chi connectivity index (χ1n) is 12.0. The molecule has 4 unspecified atom stereocenters. The average molecular weight is 481 g/mol. The van der Waals surface area contributed by atoms with Crippen molar-refractivity contribution >= 4 is 18.0 Å². The third kappa shape index (κ3) is 4.75.